The highest BCUT2D eigenvalue weighted by molar-refractivity contribution is 8.14. The molecule has 0 nitrogen and oxygen atoms in total. The Balaban J connectivity index is 3.08. The molecule has 1 atom stereocenters. The van der Waals surface area contributed by atoms with Crippen LogP contribution < -0.4 is 0 Å². The molecule has 0 aliphatic carbocycles. The topological polar surface area (TPSA) is 0 Å². The molecule has 0 saturated heterocycles. The molecule has 0 radical (unpaired) electrons. The lowest BCUT2D eigenvalue weighted by Gasteiger charge is -2.12. The van der Waals surface area contributed by atoms with Gasteiger partial charge in [0.2, 0.25) is 0 Å². The van der Waals surface area contributed by atoms with E-state index in [9.17, 15) is 0 Å². The van der Waals surface area contributed by atoms with Gasteiger partial charge in [0.1, 0.15) is 0 Å². The first-order valence-electron chi connectivity index (χ1n) is 4.62. The maximum absolute atomic E-state index is 4.22. The predicted octanol–water partition coefficient (Wildman–Crippen LogP) is 3.77. The Bertz CT molecular complexity index is 304. The summed E-state index contributed by atoms with van der Waals surface area (Å²) in [6.07, 6.45) is 0. The van der Waals surface area contributed by atoms with Crippen molar-refractivity contribution in [1.82, 2.24) is 0 Å². The zero-order valence-electron chi connectivity index (χ0n) is 8.92. The van der Waals surface area contributed by atoms with Crippen molar-refractivity contribution >= 4 is 16.4 Å². The van der Waals surface area contributed by atoms with Crippen LogP contribution in [0.1, 0.15) is 25.0 Å². The van der Waals surface area contributed by atoms with E-state index in [2.05, 4.69) is 51.8 Å². The SMILES string of the molecule is C=S(c1cc(C)cc(C)c1)C(C)C. The molecule has 0 heterocycles. The third-order valence-electron chi connectivity index (χ3n) is 2.07. The number of aryl methyl sites for hydroxylation is 2. The monoisotopic (exact) mass is 194 g/mol. The van der Waals surface area contributed by atoms with Gasteiger partial charge in [-0.15, -0.1) is 0 Å². The van der Waals surface area contributed by atoms with Crippen molar-refractivity contribution in [2.75, 3.05) is 0 Å². The Hall–Kier alpha value is -0.560. The molecule has 1 aromatic carbocycles. The molecular weight excluding hydrogens is 176 g/mol. The summed E-state index contributed by atoms with van der Waals surface area (Å²) in [7, 11) is 0.144. The Morgan fingerprint density at radius 3 is 1.92 bits per heavy atom. The molecule has 0 aliphatic rings. The van der Waals surface area contributed by atoms with Crippen LogP contribution in [-0.4, -0.2) is 11.1 Å². The molecule has 72 valence electrons. The lowest BCUT2D eigenvalue weighted by molar-refractivity contribution is 1.10. The van der Waals surface area contributed by atoms with Crippen LogP contribution >= 0.6 is 10.5 Å². The van der Waals surface area contributed by atoms with Crippen molar-refractivity contribution in [3.8, 4) is 0 Å². The van der Waals surface area contributed by atoms with Gasteiger partial charge >= 0.3 is 0 Å². The number of rotatable bonds is 2. The third kappa shape index (κ3) is 2.70. The van der Waals surface area contributed by atoms with Crippen molar-refractivity contribution in [3.05, 3.63) is 29.3 Å². The second-order valence-electron chi connectivity index (χ2n) is 3.80. The summed E-state index contributed by atoms with van der Waals surface area (Å²) in [5, 5.41) is 0.640. The van der Waals surface area contributed by atoms with Crippen molar-refractivity contribution in [3.63, 3.8) is 0 Å². The highest BCUT2D eigenvalue weighted by atomic mass is 32.2. The van der Waals surface area contributed by atoms with E-state index < -0.39 is 0 Å². The molecule has 0 aromatic heterocycles. The van der Waals surface area contributed by atoms with E-state index >= 15 is 0 Å². The second kappa shape index (κ2) is 4.10. The van der Waals surface area contributed by atoms with Crippen molar-refractivity contribution < 1.29 is 0 Å². The molecule has 0 aliphatic heterocycles. The highest BCUT2D eigenvalue weighted by Crippen LogP contribution is 2.30. The largest absolute Gasteiger partial charge is 0.159 e. The van der Waals surface area contributed by atoms with Crippen molar-refractivity contribution in [2.45, 2.75) is 37.8 Å². The van der Waals surface area contributed by atoms with Gasteiger partial charge in [-0.3, -0.25) is 0 Å². The summed E-state index contributed by atoms with van der Waals surface area (Å²) in [6.45, 7) is 8.75. The summed E-state index contributed by atoms with van der Waals surface area (Å²) < 4.78 is 0. The standard InChI is InChI=1S/C12H18S/c1-9(2)13(5)12-7-10(3)6-11(4)8-12/h6-9H,5H2,1-4H3. The minimum atomic E-state index is 0.144. The minimum absolute atomic E-state index is 0.144. The molecular formula is C12H18S. The third-order valence-corrected chi connectivity index (χ3v) is 4.05. The van der Waals surface area contributed by atoms with Crippen LogP contribution in [0.3, 0.4) is 0 Å². The van der Waals surface area contributed by atoms with Crippen LogP contribution in [0.15, 0.2) is 23.1 Å². The number of hydrogen-bond donors (Lipinski definition) is 0. The smallest absolute Gasteiger partial charge is 0.00188 e. The van der Waals surface area contributed by atoms with Crippen LogP contribution in [0.25, 0.3) is 0 Å². The average Bonchev–Trinajstić information content (AvgIpc) is 2.01. The fraction of sp³-hybridized carbons (Fsp3) is 0.417. The summed E-state index contributed by atoms with van der Waals surface area (Å²) in [5.41, 5.74) is 2.69. The normalized spacial score (nSPS) is 13.3. The van der Waals surface area contributed by atoms with Crippen LogP contribution in [0.4, 0.5) is 0 Å². The number of benzene rings is 1. The van der Waals surface area contributed by atoms with E-state index in [1.54, 1.807) is 0 Å². The molecule has 1 aromatic rings. The fourth-order valence-electron chi connectivity index (χ4n) is 1.36. The maximum Gasteiger partial charge on any atom is 0.00188 e. The van der Waals surface area contributed by atoms with Gasteiger partial charge in [-0.1, -0.05) is 25.8 Å². The first-order chi connectivity index (χ1) is 6.00. The molecule has 0 saturated carbocycles. The van der Waals surface area contributed by atoms with Gasteiger partial charge in [0.05, 0.1) is 0 Å². The van der Waals surface area contributed by atoms with Gasteiger partial charge in [0, 0.05) is 4.90 Å². The van der Waals surface area contributed by atoms with Gasteiger partial charge in [-0.05, 0) is 42.4 Å². The zero-order valence-corrected chi connectivity index (χ0v) is 9.74. The van der Waals surface area contributed by atoms with Crippen LogP contribution in [0.5, 0.6) is 0 Å². The summed E-state index contributed by atoms with van der Waals surface area (Å²) >= 11 is 0. The van der Waals surface area contributed by atoms with Gasteiger partial charge in [0.25, 0.3) is 0 Å². The van der Waals surface area contributed by atoms with E-state index in [1.165, 1.54) is 16.0 Å². The maximum atomic E-state index is 4.22. The van der Waals surface area contributed by atoms with E-state index in [0.717, 1.165) is 0 Å². The molecule has 0 fully saturated rings. The highest BCUT2D eigenvalue weighted by Gasteiger charge is 2.02. The van der Waals surface area contributed by atoms with Crippen LogP contribution in [0, 0.1) is 13.8 Å². The molecule has 1 heteroatoms. The first-order valence-corrected chi connectivity index (χ1v) is 6.07. The molecule has 0 N–H and O–H groups in total. The van der Waals surface area contributed by atoms with E-state index in [1.807, 2.05) is 0 Å². The summed E-state index contributed by atoms with van der Waals surface area (Å²) in [5.74, 6) is 4.22. The second-order valence-corrected chi connectivity index (χ2v) is 6.07. The Labute approximate surface area is 83.9 Å². The molecule has 0 bridgehead atoms. The first kappa shape index (κ1) is 10.5. The summed E-state index contributed by atoms with van der Waals surface area (Å²) in [6, 6.07) is 6.72. The average molecular weight is 194 g/mol. The predicted molar refractivity (Wildman–Crippen MR) is 64.0 cm³/mol. The van der Waals surface area contributed by atoms with E-state index in [0.29, 0.717) is 5.25 Å². The van der Waals surface area contributed by atoms with Gasteiger partial charge in [-0.2, -0.15) is 10.5 Å². The van der Waals surface area contributed by atoms with Crippen LogP contribution in [0.2, 0.25) is 0 Å². The molecule has 1 unspecified atom stereocenters. The lowest BCUT2D eigenvalue weighted by Crippen LogP contribution is -1.91. The Morgan fingerprint density at radius 2 is 1.54 bits per heavy atom. The van der Waals surface area contributed by atoms with Gasteiger partial charge < -0.3 is 0 Å². The summed E-state index contributed by atoms with van der Waals surface area (Å²) in [4.78, 5) is 1.40. The Morgan fingerprint density at radius 1 is 1.08 bits per heavy atom. The van der Waals surface area contributed by atoms with Crippen molar-refractivity contribution in [2.24, 2.45) is 0 Å². The lowest BCUT2D eigenvalue weighted by atomic mass is 10.2. The Kier molecular flexibility index (Phi) is 3.32. The fourth-order valence-corrected chi connectivity index (χ4v) is 2.58. The minimum Gasteiger partial charge on any atom is -0.159 e. The molecule has 13 heavy (non-hydrogen) atoms. The van der Waals surface area contributed by atoms with E-state index in [4.69, 9.17) is 0 Å². The van der Waals surface area contributed by atoms with Gasteiger partial charge in [-0.25, -0.2) is 0 Å². The van der Waals surface area contributed by atoms with Crippen molar-refractivity contribution in [1.29, 1.82) is 0 Å². The molecule has 0 amide bonds. The molecule has 0 spiro atoms. The number of hydrogen-bond acceptors (Lipinski definition) is 0. The van der Waals surface area contributed by atoms with E-state index in [-0.39, 0.29) is 10.5 Å². The van der Waals surface area contributed by atoms with Crippen LogP contribution in [-0.2, 0) is 0 Å². The van der Waals surface area contributed by atoms with Gasteiger partial charge in [0.15, 0.2) is 0 Å². The molecule has 1 rings (SSSR count). The zero-order chi connectivity index (χ0) is 10.0. The quantitative estimate of drug-likeness (QED) is 0.629.